The first-order chi connectivity index (χ1) is 7.56. The normalized spacial score (nSPS) is 10.5. The summed E-state index contributed by atoms with van der Waals surface area (Å²) in [6.07, 6.45) is 1.31. The number of nitrogens with zero attached hydrogens (tertiary/aromatic N) is 3. The number of benzene rings is 1. The van der Waals surface area contributed by atoms with Crippen LogP contribution < -0.4 is 0 Å². The average molecular weight is 240 g/mol. The van der Waals surface area contributed by atoms with Crippen LogP contribution in [0.1, 0.15) is 5.82 Å². The van der Waals surface area contributed by atoms with Crippen molar-refractivity contribution in [3.63, 3.8) is 0 Å². The molecule has 0 aliphatic heterocycles. The van der Waals surface area contributed by atoms with Crippen molar-refractivity contribution in [2.24, 2.45) is 12.0 Å². The third kappa shape index (κ3) is 1.41. The molecule has 0 N–H and O–H groups in total. The molecule has 6 heteroatoms. The molecule has 0 aliphatic rings. The van der Waals surface area contributed by atoms with E-state index in [-0.39, 0.29) is 16.2 Å². The van der Waals surface area contributed by atoms with Gasteiger partial charge in [0.15, 0.2) is 5.82 Å². The zero-order valence-electron chi connectivity index (χ0n) is 8.58. The zero-order chi connectivity index (χ0) is 11.9. The van der Waals surface area contributed by atoms with E-state index in [2.05, 4.69) is 9.98 Å². The minimum absolute atomic E-state index is 0.127. The molecule has 0 saturated heterocycles. The quantitative estimate of drug-likeness (QED) is 0.567. The maximum Gasteiger partial charge on any atom is 0.240 e. The van der Waals surface area contributed by atoms with E-state index >= 15 is 0 Å². The van der Waals surface area contributed by atoms with Gasteiger partial charge in [0.2, 0.25) is 6.08 Å². The molecule has 0 bridgehead atoms. The molecule has 16 heavy (non-hydrogen) atoms. The summed E-state index contributed by atoms with van der Waals surface area (Å²) in [6.45, 7) is 1.75. The van der Waals surface area contributed by atoms with Gasteiger partial charge in [0.1, 0.15) is 17.0 Å². The molecule has 0 aliphatic carbocycles. The molecule has 0 fully saturated rings. The van der Waals surface area contributed by atoms with E-state index in [1.807, 2.05) is 0 Å². The van der Waals surface area contributed by atoms with Gasteiger partial charge < -0.3 is 4.57 Å². The van der Waals surface area contributed by atoms with Crippen molar-refractivity contribution in [1.82, 2.24) is 9.55 Å². The van der Waals surface area contributed by atoms with Crippen molar-refractivity contribution in [3.8, 4) is 0 Å². The van der Waals surface area contributed by atoms with Crippen LogP contribution in [-0.4, -0.2) is 15.6 Å². The van der Waals surface area contributed by atoms with Crippen LogP contribution in [-0.2, 0) is 11.8 Å². The van der Waals surface area contributed by atoms with Crippen LogP contribution >= 0.6 is 11.6 Å². The largest absolute Gasteiger partial charge is 0.330 e. The van der Waals surface area contributed by atoms with E-state index in [4.69, 9.17) is 11.6 Å². The van der Waals surface area contributed by atoms with E-state index < -0.39 is 5.82 Å². The SMILES string of the molecule is Cc1nc2c(N=C=O)c(F)cc(Cl)c2n1C. The van der Waals surface area contributed by atoms with Gasteiger partial charge in [-0.3, -0.25) is 0 Å². The van der Waals surface area contributed by atoms with Crippen LogP contribution in [0.5, 0.6) is 0 Å². The summed E-state index contributed by atoms with van der Waals surface area (Å²) in [5, 5.41) is 0.237. The molecule has 0 radical (unpaired) electrons. The van der Waals surface area contributed by atoms with Crippen LogP contribution in [0.15, 0.2) is 11.1 Å². The molecule has 4 nitrogen and oxygen atoms in total. The minimum Gasteiger partial charge on any atom is -0.330 e. The van der Waals surface area contributed by atoms with E-state index in [1.165, 1.54) is 6.08 Å². The van der Waals surface area contributed by atoms with Gasteiger partial charge in [0, 0.05) is 7.05 Å². The highest BCUT2D eigenvalue weighted by atomic mass is 35.5. The van der Waals surface area contributed by atoms with Crippen LogP contribution in [0.3, 0.4) is 0 Å². The lowest BCUT2D eigenvalue weighted by molar-refractivity contribution is 0.564. The van der Waals surface area contributed by atoms with Gasteiger partial charge in [-0.15, -0.1) is 0 Å². The average Bonchev–Trinajstić information content (AvgIpc) is 2.50. The Hall–Kier alpha value is -1.71. The summed E-state index contributed by atoms with van der Waals surface area (Å²) < 4.78 is 15.2. The fourth-order valence-electron chi connectivity index (χ4n) is 1.56. The molecule has 1 aromatic carbocycles. The number of aliphatic imine (C=N–C) groups is 1. The van der Waals surface area contributed by atoms with Crippen LogP contribution in [0, 0.1) is 12.7 Å². The van der Waals surface area contributed by atoms with Crippen LogP contribution in [0.4, 0.5) is 10.1 Å². The van der Waals surface area contributed by atoms with Crippen molar-refractivity contribution in [2.45, 2.75) is 6.92 Å². The second-order valence-electron chi connectivity index (χ2n) is 3.31. The Morgan fingerprint density at radius 2 is 2.31 bits per heavy atom. The third-order valence-corrected chi connectivity index (χ3v) is 2.69. The predicted molar refractivity (Wildman–Crippen MR) is 58.2 cm³/mol. The number of aromatic nitrogens is 2. The first kappa shape index (κ1) is 10.8. The number of rotatable bonds is 1. The predicted octanol–water partition coefficient (Wildman–Crippen LogP) is 2.64. The highest BCUT2D eigenvalue weighted by molar-refractivity contribution is 6.35. The summed E-state index contributed by atoms with van der Waals surface area (Å²) in [5.41, 5.74) is 0.695. The highest BCUT2D eigenvalue weighted by Crippen LogP contribution is 2.33. The molecule has 0 saturated carbocycles. The Kier molecular flexibility index (Phi) is 2.50. The molecule has 0 atom stereocenters. The summed E-state index contributed by atoms with van der Waals surface area (Å²) in [7, 11) is 1.75. The Morgan fingerprint density at radius 3 is 2.94 bits per heavy atom. The maximum atomic E-state index is 13.5. The van der Waals surface area contributed by atoms with E-state index in [1.54, 1.807) is 18.5 Å². The van der Waals surface area contributed by atoms with Crippen molar-refractivity contribution >= 4 is 34.4 Å². The topological polar surface area (TPSA) is 47.2 Å². The summed E-state index contributed by atoms with van der Waals surface area (Å²) in [5.74, 6) is -0.0243. The van der Waals surface area contributed by atoms with E-state index in [0.717, 1.165) is 6.07 Å². The molecule has 0 unspecified atom stereocenters. The Labute approximate surface area is 95.4 Å². The van der Waals surface area contributed by atoms with E-state index in [9.17, 15) is 9.18 Å². The second kappa shape index (κ2) is 3.70. The van der Waals surface area contributed by atoms with Crippen LogP contribution in [0.2, 0.25) is 5.02 Å². The Balaban J connectivity index is 3.01. The number of aryl methyl sites for hydroxylation is 2. The molecule has 2 rings (SSSR count). The first-order valence-corrected chi connectivity index (χ1v) is 4.83. The third-order valence-electron chi connectivity index (χ3n) is 2.41. The summed E-state index contributed by atoms with van der Waals surface area (Å²) in [6, 6.07) is 1.11. The Morgan fingerprint density at radius 1 is 1.62 bits per heavy atom. The number of fused-ring (bicyclic) bond motifs is 1. The number of imidazole rings is 1. The first-order valence-electron chi connectivity index (χ1n) is 4.45. The fraction of sp³-hybridized carbons (Fsp3) is 0.200. The molecule has 0 spiro atoms. The number of hydrogen-bond donors (Lipinski definition) is 0. The van der Waals surface area contributed by atoms with Crippen LogP contribution in [0.25, 0.3) is 11.0 Å². The summed E-state index contributed by atoms with van der Waals surface area (Å²) in [4.78, 5) is 17.7. The second-order valence-corrected chi connectivity index (χ2v) is 3.71. The molecular weight excluding hydrogens is 233 g/mol. The summed E-state index contributed by atoms with van der Waals surface area (Å²) >= 11 is 5.91. The fourth-order valence-corrected chi connectivity index (χ4v) is 1.87. The van der Waals surface area contributed by atoms with Gasteiger partial charge in [-0.05, 0) is 13.0 Å². The van der Waals surface area contributed by atoms with Crippen molar-refractivity contribution in [2.75, 3.05) is 0 Å². The van der Waals surface area contributed by atoms with Gasteiger partial charge in [0.05, 0.1) is 10.5 Å². The molecule has 0 amide bonds. The van der Waals surface area contributed by atoms with Gasteiger partial charge in [-0.2, -0.15) is 4.99 Å². The number of carbonyl (C=O) groups excluding carboxylic acids is 1. The molecular formula is C10H7ClFN3O. The monoisotopic (exact) mass is 239 g/mol. The Bertz CT molecular complexity index is 629. The minimum atomic E-state index is -0.682. The number of halogens is 2. The standard InChI is InChI=1S/C10H7ClFN3O/c1-5-14-9-8(13-4-16)7(12)3-6(11)10(9)15(5)2/h3H,1-2H3. The molecule has 2 aromatic rings. The lowest BCUT2D eigenvalue weighted by Crippen LogP contribution is -1.91. The molecule has 1 heterocycles. The lowest BCUT2D eigenvalue weighted by Gasteiger charge is -2.01. The number of hydrogen-bond acceptors (Lipinski definition) is 3. The van der Waals surface area contributed by atoms with Crippen molar-refractivity contribution in [1.29, 1.82) is 0 Å². The maximum absolute atomic E-state index is 13.5. The number of isocyanates is 1. The molecule has 82 valence electrons. The van der Waals surface area contributed by atoms with Gasteiger partial charge in [-0.25, -0.2) is 14.2 Å². The molecule has 1 aromatic heterocycles. The lowest BCUT2D eigenvalue weighted by atomic mass is 10.2. The highest BCUT2D eigenvalue weighted by Gasteiger charge is 2.16. The van der Waals surface area contributed by atoms with E-state index in [0.29, 0.717) is 11.3 Å². The zero-order valence-corrected chi connectivity index (χ0v) is 9.34. The smallest absolute Gasteiger partial charge is 0.240 e. The van der Waals surface area contributed by atoms with Gasteiger partial charge in [0.25, 0.3) is 0 Å². The van der Waals surface area contributed by atoms with Crippen molar-refractivity contribution in [3.05, 3.63) is 22.7 Å². The van der Waals surface area contributed by atoms with Gasteiger partial charge >= 0.3 is 0 Å². The van der Waals surface area contributed by atoms with Gasteiger partial charge in [-0.1, -0.05) is 11.6 Å². The van der Waals surface area contributed by atoms with Crippen molar-refractivity contribution < 1.29 is 9.18 Å².